The molecule has 1 aromatic heterocycles. The lowest BCUT2D eigenvalue weighted by Crippen LogP contribution is -2.62. The van der Waals surface area contributed by atoms with Crippen molar-refractivity contribution >= 4 is 5.82 Å². The van der Waals surface area contributed by atoms with Gasteiger partial charge in [-0.2, -0.15) is 0 Å². The number of hydrogen-bond acceptors (Lipinski definition) is 4. The molecule has 0 unspecified atom stereocenters. The summed E-state index contributed by atoms with van der Waals surface area (Å²) < 4.78 is 0. The van der Waals surface area contributed by atoms with Crippen molar-refractivity contribution in [1.29, 1.82) is 0 Å². The molecule has 0 amide bonds. The Balaban J connectivity index is 2.21. The maximum atomic E-state index is 11.5. The van der Waals surface area contributed by atoms with Crippen molar-refractivity contribution in [3.8, 4) is 0 Å². The molecule has 94 valence electrons. The first-order valence-corrected chi connectivity index (χ1v) is 6.02. The molecule has 0 atom stereocenters. The lowest BCUT2D eigenvalue weighted by molar-refractivity contribution is 0.00801. The molecule has 0 saturated carbocycles. The SMILES string of the molecule is CCC1(O)CN(c2cc(=O)[nH]c(C(C)C)n2)C1. The van der Waals surface area contributed by atoms with Crippen molar-refractivity contribution in [2.45, 2.75) is 38.7 Å². The van der Waals surface area contributed by atoms with E-state index >= 15 is 0 Å². The van der Waals surface area contributed by atoms with E-state index < -0.39 is 5.60 Å². The molecule has 1 fully saturated rings. The predicted octanol–water partition coefficient (Wildman–Crippen LogP) is 0.854. The van der Waals surface area contributed by atoms with Gasteiger partial charge in [0.2, 0.25) is 0 Å². The van der Waals surface area contributed by atoms with E-state index in [1.807, 2.05) is 25.7 Å². The first-order valence-electron chi connectivity index (χ1n) is 6.02. The molecule has 2 heterocycles. The van der Waals surface area contributed by atoms with Crippen LogP contribution in [-0.4, -0.2) is 33.8 Å². The van der Waals surface area contributed by atoms with Gasteiger partial charge < -0.3 is 15.0 Å². The molecule has 0 radical (unpaired) electrons. The van der Waals surface area contributed by atoms with Gasteiger partial charge in [0.25, 0.3) is 5.56 Å². The summed E-state index contributed by atoms with van der Waals surface area (Å²) in [6.07, 6.45) is 0.726. The molecule has 2 rings (SSSR count). The molecular formula is C12H19N3O2. The minimum Gasteiger partial charge on any atom is -0.386 e. The zero-order chi connectivity index (χ0) is 12.6. The number of H-pyrrole nitrogens is 1. The third kappa shape index (κ3) is 2.34. The van der Waals surface area contributed by atoms with Gasteiger partial charge in [0.1, 0.15) is 11.6 Å². The summed E-state index contributed by atoms with van der Waals surface area (Å²) in [4.78, 5) is 20.6. The van der Waals surface area contributed by atoms with Crippen LogP contribution in [-0.2, 0) is 0 Å². The van der Waals surface area contributed by atoms with E-state index in [4.69, 9.17) is 0 Å². The molecular weight excluding hydrogens is 218 g/mol. The van der Waals surface area contributed by atoms with Gasteiger partial charge in [-0.1, -0.05) is 20.8 Å². The van der Waals surface area contributed by atoms with Crippen molar-refractivity contribution in [3.63, 3.8) is 0 Å². The highest BCUT2D eigenvalue weighted by Crippen LogP contribution is 2.28. The van der Waals surface area contributed by atoms with Gasteiger partial charge in [-0.15, -0.1) is 0 Å². The Hall–Kier alpha value is -1.36. The highest BCUT2D eigenvalue weighted by molar-refractivity contribution is 5.43. The van der Waals surface area contributed by atoms with E-state index in [1.165, 1.54) is 6.07 Å². The lowest BCUT2D eigenvalue weighted by atomic mass is 9.91. The van der Waals surface area contributed by atoms with Gasteiger partial charge in [-0.25, -0.2) is 4.98 Å². The van der Waals surface area contributed by atoms with E-state index in [0.717, 1.165) is 6.42 Å². The number of hydrogen-bond donors (Lipinski definition) is 2. The first kappa shape index (κ1) is 12.1. The number of rotatable bonds is 3. The molecule has 5 heteroatoms. The molecule has 17 heavy (non-hydrogen) atoms. The van der Waals surface area contributed by atoms with Crippen LogP contribution >= 0.6 is 0 Å². The second kappa shape index (κ2) is 4.14. The van der Waals surface area contributed by atoms with Crippen LogP contribution in [0.2, 0.25) is 0 Å². The van der Waals surface area contributed by atoms with Crippen LogP contribution in [0.5, 0.6) is 0 Å². The molecule has 0 spiro atoms. The van der Waals surface area contributed by atoms with Crippen LogP contribution in [0, 0.1) is 0 Å². The van der Waals surface area contributed by atoms with Crippen LogP contribution < -0.4 is 10.5 Å². The third-order valence-electron chi connectivity index (χ3n) is 3.25. The molecule has 5 nitrogen and oxygen atoms in total. The lowest BCUT2D eigenvalue weighted by Gasteiger charge is -2.46. The minimum absolute atomic E-state index is 0.134. The summed E-state index contributed by atoms with van der Waals surface area (Å²) in [5.74, 6) is 1.55. The molecule has 1 aliphatic heterocycles. The van der Waals surface area contributed by atoms with Crippen LogP contribution in [0.3, 0.4) is 0 Å². The number of aromatic amines is 1. The second-order valence-electron chi connectivity index (χ2n) is 5.08. The summed E-state index contributed by atoms with van der Waals surface area (Å²) >= 11 is 0. The fraction of sp³-hybridized carbons (Fsp3) is 0.667. The fourth-order valence-corrected chi connectivity index (χ4v) is 1.95. The number of nitrogens with zero attached hydrogens (tertiary/aromatic N) is 2. The van der Waals surface area contributed by atoms with Crippen molar-refractivity contribution in [3.05, 3.63) is 22.2 Å². The van der Waals surface area contributed by atoms with Gasteiger partial charge in [0.05, 0.1) is 5.60 Å². The standard InChI is InChI=1S/C12H19N3O2/c1-4-12(17)6-15(7-12)9-5-10(16)14-11(13-9)8(2)3/h5,8,17H,4,6-7H2,1-3H3,(H,13,14,16). The third-order valence-corrected chi connectivity index (χ3v) is 3.25. The second-order valence-corrected chi connectivity index (χ2v) is 5.08. The van der Waals surface area contributed by atoms with Crippen LogP contribution in [0.4, 0.5) is 5.82 Å². The van der Waals surface area contributed by atoms with Crippen molar-refractivity contribution in [2.75, 3.05) is 18.0 Å². The van der Waals surface area contributed by atoms with Crippen LogP contribution in [0.15, 0.2) is 10.9 Å². The van der Waals surface area contributed by atoms with Gasteiger partial charge >= 0.3 is 0 Å². The molecule has 0 aromatic carbocycles. The largest absolute Gasteiger partial charge is 0.386 e. The highest BCUT2D eigenvalue weighted by Gasteiger charge is 2.40. The minimum atomic E-state index is -0.609. The number of nitrogens with one attached hydrogen (secondary N) is 1. The Morgan fingerprint density at radius 2 is 2.24 bits per heavy atom. The number of anilines is 1. The maximum absolute atomic E-state index is 11.5. The van der Waals surface area contributed by atoms with Gasteiger partial charge in [-0.05, 0) is 6.42 Å². The fourth-order valence-electron chi connectivity index (χ4n) is 1.95. The molecule has 1 aliphatic rings. The Bertz CT molecular complexity index is 461. The van der Waals surface area contributed by atoms with E-state index in [1.54, 1.807) is 0 Å². The van der Waals surface area contributed by atoms with Crippen LogP contribution in [0.25, 0.3) is 0 Å². The molecule has 1 saturated heterocycles. The van der Waals surface area contributed by atoms with Crippen LogP contribution in [0.1, 0.15) is 38.9 Å². The topological polar surface area (TPSA) is 69.2 Å². The maximum Gasteiger partial charge on any atom is 0.252 e. The van der Waals surface area contributed by atoms with E-state index in [0.29, 0.717) is 24.7 Å². The van der Waals surface area contributed by atoms with Gasteiger partial charge in [-0.3, -0.25) is 4.79 Å². The van der Waals surface area contributed by atoms with Crippen molar-refractivity contribution in [2.24, 2.45) is 0 Å². The molecule has 2 N–H and O–H groups in total. The average Bonchev–Trinajstić information content (AvgIpc) is 2.23. The number of aliphatic hydroxyl groups is 1. The molecule has 0 bridgehead atoms. The summed E-state index contributed by atoms with van der Waals surface area (Å²) in [6.45, 7) is 7.04. The molecule has 1 aromatic rings. The van der Waals surface area contributed by atoms with E-state index in [-0.39, 0.29) is 11.5 Å². The Labute approximate surface area is 100 Å². The average molecular weight is 237 g/mol. The van der Waals surface area contributed by atoms with Crippen molar-refractivity contribution < 1.29 is 5.11 Å². The Morgan fingerprint density at radius 3 is 2.76 bits per heavy atom. The quantitative estimate of drug-likeness (QED) is 0.818. The zero-order valence-corrected chi connectivity index (χ0v) is 10.5. The summed E-state index contributed by atoms with van der Waals surface area (Å²) in [6, 6.07) is 1.49. The van der Waals surface area contributed by atoms with E-state index in [9.17, 15) is 9.90 Å². The van der Waals surface area contributed by atoms with Gasteiger partial charge in [0, 0.05) is 25.1 Å². The molecule has 0 aliphatic carbocycles. The predicted molar refractivity (Wildman–Crippen MR) is 66.4 cm³/mol. The Kier molecular flexibility index (Phi) is 2.95. The monoisotopic (exact) mass is 237 g/mol. The number of β-amino-alcohol motifs (C(OH)–C–C–N with tert-alkyl or cyclic N) is 1. The summed E-state index contributed by atoms with van der Waals surface area (Å²) in [5, 5.41) is 9.94. The first-order chi connectivity index (χ1) is 7.93. The smallest absolute Gasteiger partial charge is 0.252 e. The summed E-state index contributed by atoms with van der Waals surface area (Å²) in [7, 11) is 0. The van der Waals surface area contributed by atoms with Gasteiger partial charge in [0.15, 0.2) is 0 Å². The van der Waals surface area contributed by atoms with E-state index in [2.05, 4.69) is 9.97 Å². The normalized spacial score (nSPS) is 18.3. The zero-order valence-electron chi connectivity index (χ0n) is 10.5. The van der Waals surface area contributed by atoms with Crippen molar-refractivity contribution in [1.82, 2.24) is 9.97 Å². The summed E-state index contributed by atoms with van der Waals surface area (Å²) in [5.41, 5.74) is -0.743. The Morgan fingerprint density at radius 1 is 1.59 bits per heavy atom. The number of aromatic nitrogens is 2. The highest BCUT2D eigenvalue weighted by atomic mass is 16.3.